The van der Waals surface area contributed by atoms with Crippen LogP contribution in [0.25, 0.3) is 0 Å². The summed E-state index contributed by atoms with van der Waals surface area (Å²) >= 11 is 6.11. The fourth-order valence-electron chi connectivity index (χ4n) is 2.42. The highest BCUT2D eigenvalue weighted by atomic mass is 35.5. The molecule has 1 aromatic rings. The van der Waals surface area contributed by atoms with Crippen molar-refractivity contribution in [2.24, 2.45) is 5.92 Å². The van der Waals surface area contributed by atoms with Crippen molar-refractivity contribution >= 4 is 17.5 Å². The maximum atomic E-state index is 12.6. The number of likely N-dealkylation sites (tertiary alicyclic amines) is 1. The first kappa shape index (κ1) is 15.2. The highest BCUT2D eigenvalue weighted by Gasteiger charge is 2.23. The normalized spacial score (nSPS) is 20.1. The Morgan fingerprint density at radius 1 is 1.40 bits per heavy atom. The number of rotatable bonds is 2. The molecule has 1 aliphatic heterocycles. The molecule has 1 unspecified atom stereocenters. The molecule has 0 aliphatic carbocycles. The summed E-state index contributed by atoms with van der Waals surface area (Å²) in [5.74, 6) is 1.47. The Morgan fingerprint density at radius 2 is 2.15 bits per heavy atom. The Hall–Kier alpha value is -1.16. The van der Waals surface area contributed by atoms with Crippen molar-refractivity contribution in [2.75, 3.05) is 13.1 Å². The second-order valence-corrected chi connectivity index (χ2v) is 6.31. The molecule has 1 aromatic heterocycles. The maximum absolute atomic E-state index is 12.6. The standard InChI is InChI=1S/C15H22ClN3O/c1-10(2)14-17-9-12(16)13(18-14)15(20)19-7-4-5-11(3)6-8-19/h9-11H,4-8H2,1-3H3. The highest BCUT2D eigenvalue weighted by molar-refractivity contribution is 6.33. The van der Waals surface area contributed by atoms with Crippen molar-refractivity contribution in [3.8, 4) is 0 Å². The molecule has 0 spiro atoms. The second kappa shape index (κ2) is 6.53. The van der Waals surface area contributed by atoms with Gasteiger partial charge < -0.3 is 4.90 Å². The molecule has 4 nitrogen and oxygen atoms in total. The van der Waals surface area contributed by atoms with Crippen LogP contribution in [-0.2, 0) is 0 Å². The Labute approximate surface area is 125 Å². The van der Waals surface area contributed by atoms with Gasteiger partial charge in [0.1, 0.15) is 5.82 Å². The summed E-state index contributed by atoms with van der Waals surface area (Å²) in [4.78, 5) is 23.0. The lowest BCUT2D eigenvalue weighted by molar-refractivity contribution is 0.0754. The first-order valence-corrected chi connectivity index (χ1v) is 7.68. The third kappa shape index (κ3) is 3.48. The molecule has 2 rings (SSSR count). The molecule has 0 aromatic carbocycles. The monoisotopic (exact) mass is 295 g/mol. The summed E-state index contributed by atoms with van der Waals surface area (Å²) < 4.78 is 0. The van der Waals surface area contributed by atoms with Crippen LogP contribution < -0.4 is 0 Å². The van der Waals surface area contributed by atoms with Crippen LogP contribution in [0.4, 0.5) is 0 Å². The first-order valence-electron chi connectivity index (χ1n) is 7.30. The van der Waals surface area contributed by atoms with Crippen molar-refractivity contribution in [3.05, 3.63) is 22.7 Å². The number of hydrogen-bond acceptors (Lipinski definition) is 3. The minimum absolute atomic E-state index is 0.0617. The van der Waals surface area contributed by atoms with E-state index in [0.29, 0.717) is 22.5 Å². The Balaban J connectivity index is 2.21. The van der Waals surface area contributed by atoms with Gasteiger partial charge in [0.15, 0.2) is 5.69 Å². The highest BCUT2D eigenvalue weighted by Crippen LogP contribution is 2.21. The largest absolute Gasteiger partial charge is 0.337 e. The molecule has 0 saturated carbocycles. The summed E-state index contributed by atoms with van der Waals surface area (Å²) in [5, 5.41) is 0.344. The van der Waals surface area contributed by atoms with Crippen molar-refractivity contribution in [2.45, 2.75) is 46.0 Å². The van der Waals surface area contributed by atoms with Gasteiger partial charge in [-0.25, -0.2) is 9.97 Å². The second-order valence-electron chi connectivity index (χ2n) is 5.91. The molecular formula is C15H22ClN3O. The van der Waals surface area contributed by atoms with Gasteiger partial charge >= 0.3 is 0 Å². The Kier molecular flexibility index (Phi) is 4.97. The predicted octanol–water partition coefficient (Wildman–Crippen LogP) is 3.52. The van der Waals surface area contributed by atoms with Crippen molar-refractivity contribution < 1.29 is 4.79 Å². The number of carbonyl (C=O) groups is 1. The van der Waals surface area contributed by atoms with Crippen molar-refractivity contribution in [1.82, 2.24) is 14.9 Å². The van der Waals surface area contributed by atoms with Gasteiger partial charge in [0.2, 0.25) is 0 Å². The summed E-state index contributed by atoms with van der Waals surface area (Å²) in [6.07, 6.45) is 4.81. The molecule has 1 aliphatic rings. The first-order chi connectivity index (χ1) is 9.49. The minimum atomic E-state index is -0.0617. The molecule has 110 valence electrons. The molecule has 0 bridgehead atoms. The van der Waals surface area contributed by atoms with E-state index in [-0.39, 0.29) is 11.8 Å². The van der Waals surface area contributed by atoms with Crippen molar-refractivity contribution in [1.29, 1.82) is 0 Å². The number of amides is 1. The third-order valence-electron chi connectivity index (χ3n) is 3.79. The topological polar surface area (TPSA) is 46.1 Å². The zero-order valence-electron chi connectivity index (χ0n) is 12.4. The summed E-state index contributed by atoms with van der Waals surface area (Å²) in [6, 6.07) is 0. The molecule has 0 N–H and O–H groups in total. The Bertz CT molecular complexity index is 490. The lowest BCUT2D eigenvalue weighted by Gasteiger charge is -2.20. The molecule has 1 fully saturated rings. The minimum Gasteiger partial charge on any atom is -0.337 e. The summed E-state index contributed by atoms with van der Waals surface area (Å²) in [6.45, 7) is 7.83. The smallest absolute Gasteiger partial charge is 0.274 e. The van der Waals surface area contributed by atoms with E-state index in [9.17, 15) is 4.79 Å². The molecule has 20 heavy (non-hydrogen) atoms. The average Bonchev–Trinajstić information content (AvgIpc) is 2.63. The fraction of sp³-hybridized carbons (Fsp3) is 0.667. The number of halogens is 1. The molecule has 1 saturated heterocycles. The lowest BCUT2D eigenvalue weighted by atomic mass is 10.0. The van der Waals surface area contributed by atoms with Crippen LogP contribution in [0, 0.1) is 5.92 Å². The van der Waals surface area contributed by atoms with Crippen LogP contribution in [0.15, 0.2) is 6.20 Å². The molecular weight excluding hydrogens is 274 g/mol. The van der Waals surface area contributed by atoms with Crippen LogP contribution in [0.5, 0.6) is 0 Å². The van der Waals surface area contributed by atoms with Crippen molar-refractivity contribution in [3.63, 3.8) is 0 Å². The van der Waals surface area contributed by atoms with E-state index >= 15 is 0 Å². The van der Waals surface area contributed by atoms with E-state index in [1.165, 1.54) is 12.6 Å². The van der Waals surface area contributed by atoms with Crippen LogP contribution in [0.3, 0.4) is 0 Å². The van der Waals surface area contributed by atoms with E-state index in [2.05, 4.69) is 16.9 Å². The van der Waals surface area contributed by atoms with Crippen LogP contribution in [0.2, 0.25) is 5.02 Å². The van der Waals surface area contributed by atoms with Gasteiger partial charge in [0.05, 0.1) is 11.2 Å². The van der Waals surface area contributed by atoms with Crippen LogP contribution in [-0.4, -0.2) is 33.9 Å². The van der Waals surface area contributed by atoms with E-state index in [4.69, 9.17) is 11.6 Å². The predicted molar refractivity (Wildman–Crippen MR) is 80.0 cm³/mol. The molecule has 0 radical (unpaired) electrons. The molecule has 2 heterocycles. The Morgan fingerprint density at radius 3 is 2.85 bits per heavy atom. The van der Waals surface area contributed by atoms with Gasteiger partial charge in [-0.2, -0.15) is 0 Å². The zero-order chi connectivity index (χ0) is 14.7. The quantitative estimate of drug-likeness (QED) is 0.838. The average molecular weight is 296 g/mol. The van der Waals surface area contributed by atoms with Gasteiger partial charge in [-0.1, -0.05) is 32.4 Å². The molecule has 1 amide bonds. The van der Waals surface area contributed by atoms with Gasteiger partial charge in [0, 0.05) is 19.0 Å². The van der Waals surface area contributed by atoms with Gasteiger partial charge in [-0.15, -0.1) is 0 Å². The maximum Gasteiger partial charge on any atom is 0.274 e. The van der Waals surface area contributed by atoms with Crippen LogP contribution >= 0.6 is 11.6 Å². The zero-order valence-corrected chi connectivity index (χ0v) is 13.2. The van der Waals surface area contributed by atoms with E-state index in [0.717, 1.165) is 25.9 Å². The SMILES string of the molecule is CC1CCCN(C(=O)c2nc(C(C)C)ncc2Cl)CC1. The third-order valence-corrected chi connectivity index (χ3v) is 4.06. The number of nitrogens with zero attached hydrogens (tertiary/aromatic N) is 3. The molecule has 5 heteroatoms. The number of aromatic nitrogens is 2. The number of carbonyl (C=O) groups excluding carboxylic acids is 1. The fourth-order valence-corrected chi connectivity index (χ4v) is 2.60. The van der Waals surface area contributed by atoms with E-state index < -0.39 is 0 Å². The number of hydrogen-bond donors (Lipinski definition) is 0. The van der Waals surface area contributed by atoms with Gasteiger partial charge in [-0.05, 0) is 25.2 Å². The van der Waals surface area contributed by atoms with E-state index in [1.807, 2.05) is 18.7 Å². The lowest BCUT2D eigenvalue weighted by Crippen LogP contribution is -2.33. The summed E-state index contributed by atoms with van der Waals surface area (Å²) in [7, 11) is 0. The van der Waals surface area contributed by atoms with Gasteiger partial charge in [-0.3, -0.25) is 4.79 Å². The summed E-state index contributed by atoms with van der Waals surface area (Å²) in [5.41, 5.74) is 0.347. The molecule has 1 atom stereocenters. The van der Waals surface area contributed by atoms with E-state index in [1.54, 1.807) is 0 Å². The van der Waals surface area contributed by atoms with Crippen LogP contribution in [0.1, 0.15) is 62.3 Å². The van der Waals surface area contributed by atoms with Gasteiger partial charge in [0.25, 0.3) is 5.91 Å².